The first kappa shape index (κ1) is 45.2. The standard InChI is InChI=1S/C42H86N2.ClH/c1-5-9-11-13-15-17-19-21-23-25-27-29-31-33-35-37-41(7-3)44-40-39-43(8-4)42(44)38-36-34-32-30-28-26-24-22-20-18-16-14-12-10-6-2;/h41-42H,5-40H2,1-4H3;1H. The van der Waals surface area contributed by atoms with Crippen LogP contribution < -0.4 is 17.3 Å². The fraction of sp³-hybridized carbons (Fsp3) is 1.00. The molecule has 3 atom stereocenters. The average Bonchev–Trinajstić information content (AvgIpc) is 3.45. The highest BCUT2D eigenvalue weighted by atomic mass is 35.5. The monoisotopic (exact) mass is 655 g/mol. The van der Waals surface area contributed by atoms with Crippen molar-refractivity contribution < 1.29 is 17.3 Å². The smallest absolute Gasteiger partial charge is 0.144 e. The largest absolute Gasteiger partial charge is 1.00 e. The lowest BCUT2D eigenvalue weighted by molar-refractivity contribution is -0.943. The first-order chi connectivity index (χ1) is 21.8. The van der Waals surface area contributed by atoms with Crippen LogP contribution in [0.4, 0.5) is 0 Å². The van der Waals surface area contributed by atoms with Gasteiger partial charge >= 0.3 is 0 Å². The van der Waals surface area contributed by atoms with E-state index >= 15 is 0 Å². The van der Waals surface area contributed by atoms with Crippen LogP contribution in [0, 0.1) is 0 Å². The van der Waals surface area contributed by atoms with Crippen molar-refractivity contribution >= 4 is 0 Å². The highest BCUT2D eigenvalue weighted by Gasteiger charge is 2.37. The molecule has 1 N–H and O–H groups in total. The zero-order valence-electron chi connectivity index (χ0n) is 31.9. The van der Waals surface area contributed by atoms with Gasteiger partial charge in [-0.1, -0.05) is 207 Å². The zero-order valence-corrected chi connectivity index (χ0v) is 32.7. The van der Waals surface area contributed by atoms with Crippen LogP contribution in [0.5, 0.6) is 0 Å². The summed E-state index contributed by atoms with van der Waals surface area (Å²) in [5.74, 6) is 0. The molecule has 1 saturated heterocycles. The quantitative estimate of drug-likeness (QED) is 0.0669. The van der Waals surface area contributed by atoms with E-state index in [1.165, 1.54) is 232 Å². The maximum atomic E-state index is 2.83. The number of hydrogen-bond donors (Lipinski definition) is 1. The molecule has 45 heavy (non-hydrogen) atoms. The summed E-state index contributed by atoms with van der Waals surface area (Å²) >= 11 is 0. The lowest BCUT2D eigenvalue weighted by Crippen LogP contribution is -3.18. The minimum absolute atomic E-state index is 0. The number of unbranched alkanes of at least 4 members (excludes halogenated alkanes) is 28. The van der Waals surface area contributed by atoms with E-state index in [1.54, 1.807) is 0 Å². The van der Waals surface area contributed by atoms with Crippen molar-refractivity contribution in [2.24, 2.45) is 0 Å². The molecule has 1 aliphatic heterocycles. The molecule has 1 rings (SSSR count). The summed E-state index contributed by atoms with van der Waals surface area (Å²) in [5.41, 5.74) is 0. The average molecular weight is 656 g/mol. The Morgan fingerprint density at radius 2 is 0.800 bits per heavy atom. The molecule has 1 fully saturated rings. The Hall–Kier alpha value is 0.210. The molecule has 0 aliphatic carbocycles. The number of rotatable bonds is 35. The van der Waals surface area contributed by atoms with Gasteiger partial charge in [0, 0.05) is 13.0 Å². The Kier molecular flexibility index (Phi) is 35.7. The fourth-order valence-electron chi connectivity index (χ4n) is 8.18. The van der Waals surface area contributed by atoms with Crippen LogP contribution >= 0.6 is 0 Å². The van der Waals surface area contributed by atoms with E-state index in [9.17, 15) is 0 Å². The van der Waals surface area contributed by atoms with Gasteiger partial charge in [-0.05, 0) is 25.7 Å². The van der Waals surface area contributed by atoms with Gasteiger partial charge in [-0.15, -0.1) is 0 Å². The van der Waals surface area contributed by atoms with Gasteiger partial charge in [0.2, 0.25) is 0 Å². The van der Waals surface area contributed by atoms with E-state index in [0.29, 0.717) is 0 Å². The molecule has 0 spiro atoms. The molecule has 1 aliphatic rings. The summed E-state index contributed by atoms with van der Waals surface area (Å²) in [5, 5.41) is 0. The van der Waals surface area contributed by atoms with Crippen molar-refractivity contribution in [2.75, 3.05) is 19.6 Å². The van der Waals surface area contributed by atoms with Crippen LogP contribution in [-0.2, 0) is 0 Å². The molecule has 0 aromatic heterocycles. The molecule has 0 bridgehead atoms. The van der Waals surface area contributed by atoms with Crippen LogP contribution in [0.2, 0.25) is 0 Å². The summed E-state index contributed by atoms with van der Waals surface area (Å²) in [6, 6.07) is 0.898. The molecule has 0 aromatic carbocycles. The second-order valence-electron chi connectivity index (χ2n) is 15.1. The van der Waals surface area contributed by atoms with E-state index in [1.807, 2.05) is 4.90 Å². The van der Waals surface area contributed by atoms with Gasteiger partial charge in [-0.2, -0.15) is 0 Å². The zero-order chi connectivity index (χ0) is 31.8. The Morgan fingerprint density at radius 3 is 1.13 bits per heavy atom. The molecule has 272 valence electrons. The fourth-order valence-corrected chi connectivity index (χ4v) is 8.18. The van der Waals surface area contributed by atoms with Crippen LogP contribution in [-0.4, -0.2) is 36.7 Å². The SMILES string of the molecule is CCCCCCCCCCCCCCCCCC(CC)[NH+]1CCN(CC)C1CCCCCCCCCCCCCCCCC.[Cl-]. The van der Waals surface area contributed by atoms with E-state index in [0.717, 1.165) is 12.2 Å². The number of halogens is 1. The summed E-state index contributed by atoms with van der Waals surface area (Å²) in [6.45, 7) is 13.5. The third-order valence-electron chi connectivity index (χ3n) is 11.2. The van der Waals surface area contributed by atoms with Gasteiger partial charge in [-0.3, -0.25) is 0 Å². The molecular formula is C42H87ClN2. The molecule has 0 amide bonds. The minimum atomic E-state index is 0. The van der Waals surface area contributed by atoms with Crippen molar-refractivity contribution in [3.63, 3.8) is 0 Å². The van der Waals surface area contributed by atoms with Gasteiger partial charge in [0.05, 0.1) is 19.1 Å². The number of nitrogens with one attached hydrogen (secondary N) is 1. The Morgan fingerprint density at radius 1 is 0.467 bits per heavy atom. The van der Waals surface area contributed by atoms with Gasteiger partial charge in [0.25, 0.3) is 0 Å². The Labute approximate surface area is 292 Å². The van der Waals surface area contributed by atoms with Gasteiger partial charge < -0.3 is 17.3 Å². The normalized spacial score (nSPS) is 17.6. The van der Waals surface area contributed by atoms with Crippen LogP contribution in [0.3, 0.4) is 0 Å². The van der Waals surface area contributed by atoms with Gasteiger partial charge in [-0.25, -0.2) is 4.90 Å². The summed E-state index contributed by atoms with van der Waals surface area (Å²) in [6.07, 6.45) is 49.2. The van der Waals surface area contributed by atoms with E-state index in [2.05, 4.69) is 32.6 Å². The predicted molar refractivity (Wildman–Crippen MR) is 200 cm³/mol. The molecule has 1 heterocycles. The second kappa shape index (κ2) is 35.5. The van der Waals surface area contributed by atoms with Crippen LogP contribution in [0.15, 0.2) is 0 Å². The summed E-state index contributed by atoms with van der Waals surface area (Å²) < 4.78 is 0. The van der Waals surface area contributed by atoms with Gasteiger partial charge in [0.1, 0.15) is 6.17 Å². The van der Waals surface area contributed by atoms with Crippen LogP contribution in [0.25, 0.3) is 0 Å². The lowest BCUT2D eigenvalue weighted by Gasteiger charge is -2.32. The number of hydrogen-bond acceptors (Lipinski definition) is 1. The van der Waals surface area contributed by atoms with E-state index in [4.69, 9.17) is 0 Å². The van der Waals surface area contributed by atoms with Crippen molar-refractivity contribution in [3.8, 4) is 0 Å². The second-order valence-corrected chi connectivity index (χ2v) is 15.1. The third-order valence-corrected chi connectivity index (χ3v) is 11.2. The molecule has 2 nitrogen and oxygen atoms in total. The van der Waals surface area contributed by atoms with Crippen molar-refractivity contribution in [1.82, 2.24) is 4.90 Å². The first-order valence-electron chi connectivity index (χ1n) is 21.4. The molecule has 0 radical (unpaired) electrons. The minimum Gasteiger partial charge on any atom is -1.00 e. The molecular weight excluding hydrogens is 568 g/mol. The first-order valence-corrected chi connectivity index (χ1v) is 21.4. The molecule has 0 saturated carbocycles. The number of quaternary nitrogens is 1. The Bertz CT molecular complexity index is 555. The number of likely N-dealkylation sites (N-methyl/N-ethyl adjacent to an activating group) is 1. The topological polar surface area (TPSA) is 7.68 Å². The van der Waals surface area contributed by atoms with Gasteiger partial charge in [0.15, 0.2) is 0 Å². The Balaban J connectivity index is 0.0000194. The van der Waals surface area contributed by atoms with Crippen LogP contribution in [0.1, 0.15) is 240 Å². The highest BCUT2D eigenvalue weighted by molar-refractivity contribution is 4.70. The van der Waals surface area contributed by atoms with E-state index in [-0.39, 0.29) is 12.4 Å². The van der Waals surface area contributed by atoms with E-state index < -0.39 is 0 Å². The molecule has 3 heteroatoms. The van der Waals surface area contributed by atoms with Crippen molar-refractivity contribution in [3.05, 3.63) is 0 Å². The predicted octanol–water partition coefficient (Wildman–Crippen LogP) is 9.84. The maximum Gasteiger partial charge on any atom is 0.144 e. The van der Waals surface area contributed by atoms with Crippen molar-refractivity contribution in [1.29, 1.82) is 0 Å². The highest BCUT2D eigenvalue weighted by Crippen LogP contribution is 2.17. The third kappa shape index (κ3) is 25.8. The maximum absolute atomic E-state index is 2.83. The summed E-state index contributed by atoms with van der Waals surface area (Å²) in [4.78, 5) is 4.79. The lowest BCUT2D eigenvalue weighted by atomic mass is 10.0. The molecule has 0 aromatic rings. The molecule has 3 unspecified atom stereocenters. The van der Waals surface area contributed by atoms with Crippen molar-refractivity contribution in [2.45, 2.75) is 252 Å². The number of nitrogens with zero attached hydrogens (tertiary/aromatic N) is 1. The summed E-state index contributed by atoms with van der Waals surface area (Å²) in [7, 11) is 0.